The number of nitrogens with one attached hydrogen (secondary N) is 1. The van der Waals surface area contributed by atoms with Crippen molar-refractivity contribution in [2.24, 2.45) is 22.2 Å². The topological polar surface area (TPSA) is 32.3 Å². The minimum absolute atomic E-state index is 0.0183. The number of hydrogen-bond donors (Lipinski definition) is 2. The molecular formula is C20H43NOS2. The zero-order valence-corrected chi connectivity index (χ0v) is 19.9. The zero-order valence-electron chi connectivity index (χ0n) is 18.3. The zero-order chi connectivity index (χ0) is 19.6. The molecule has 0 heterocycles. The van der Waals surface area contributed by atoms with Gasteiger partial charge in [0.1, 0.15) is 0 Å². The molecule has 0 radical (unpaired) electrons. The first kappa shape index (κ1) is 24.6. The molecule has 2 nitrogen and oxygen atoms in total. The molecule has 0 aromatic heterocycles. The summed E-state index contributed by atoms with van der Waals surface area (Å²) in [5.41, 5.74) is -0.723. The van der Waals surface area contributed by atoms with E-state index in [2.05, 4.69) is 80.2 Å². The summed E-state index contributed by atoms with van der Waals surface area (Å²) >= 11 is 0. The summed E-state index contributed by atoms with van der Waals surface area (Å²) in [5.74, 6) is 0.384. The van der Waals surface area contributed by atoms with Crippen molar-refractivity contribution in [3.63, 3.8) is 0 Å². The van der Waals surface area contributed by atoms with Crippen LogP contribution in [0.5, 0.6) is 0 Å². The fourth-order valence-corrected chi connectivity index (χ4v) is 4.60. The summed E-state index contributed by atoms with van der Waals surface area (Å²) in [7, 11) is 3.45. The number of aliphatic hydroxyl groups is 1. The SMILES string of the molecule is CCC(C)(C)C(CC(C)(O)C(C)(C)C)C(C)(C)C(C)(C)NSSC. The van der Waals surface area contributed by atoms with Crippen molar-refractivity contribution in [2.45, 2.75) is 100 Å². The monoisotopic (exact) mass is 377 g/mol. The van der Waals surface area contributed by atoms with E-state index in [4.69, 9.17) is 0 Å². The predicted molar refractivity (Wildman–Crippen MR) is 114 cm³/mol. The highest BCUT2D eigenvalue weighted by Crippen LogP contribution is 2.53. The molecule has 0 saturated heterocycles. The minimum Gasteiger partial charge on any atom is -0.390 e. The molecule has 2 atom stereocenters. The van der Waals surface area contributed by atoms with Crippen molar-refractivity contribution in [3.8, 4) is 0 Å². The third-order valence-electron chi connectivity index (χ3n) is 6.93. The number of hydrogen-bond acceptors (Lipinski definition) is 4. The molecule has 0 aliphatic carbocycles. The maximum atomic E-state index is 11.3. The van der Waals surface area contributed by atoms with Crippen molar-refractivity contribution in [2.75, 3.05) is 6.26 Å². The summed E-state index contributed by atoms with van der Waals surface area (Å²) in [5, 5.41) is 11.3. The second-order valence-corrected chi connectivity index (χ2v) is 12.5. The Hall–Kier alpha value is 0.620. The Morgan fingerprint density at radius 2 is 1.38 bits per heavy atom. The standard InChI is InChI=1S/C20H43NOS2/c1-13-17(5,6)15(14-20(11,22)16(2,3)4)18(7,8)19(9,10)21-24-23-12/h15,21-22H,13-14H2,1-12H3. The molecule has 4 heteroatoms. The first-order valence-corrected chi connectivity index (χ1v) is 11.7. The smallest absolute Gasteiger partial charge is 0.0670 e. The Morgan fingerprint density at radius 1 is 0.917 bits per heavy atom. The molecule has 24 heavy (non-hydrogen) atoms. The van der Waals surface area contributed by atoms with Gasteiger partial charge in [-0.15, -0.1) is 0 Å². The molecule has 0 aliphatic rings. The largest absolute Gasteiger partial charge is 0.390 e. The minimum atomic E-state index is -0.704. The van der Waals surface area contributed by atoms with Crippen LogP contribution in [-0.4, -0.2) is 22.5 Å². The van der Waals surface area contributed by atoms with Crippen LogP contribution in [0.3, 0.4) is 0 Å². The lowest BCUT2D eigenvalue weighted by molar-refractivity contribution is -0.105. The highest BCUT2D eigenvalue weighted by Gasteiger charge is 2.52. The van der Waals surface area contributed by atoms with E-state index in [1.165, 1.54) is 0 Å². The third kappa shape index (κ3) is 5.56. The molecule has 0 amide bonds. The van der Waals surface area contributed by atoms with E-state index < -0.39 is 5.60 Å². The molecule has 0 bridgehead atoms. The molecule has 0 fully saturated rings. The molecule has 146 valence electrons. The summed E-state index contributed by atoms with van der Waals surface area (Å²) in [4.78, 5) is 0. The summed E-state index contributed by atoms with van der Waals surface area (Å²) in [6, 6.07) is 0. The molecule has 0 spiro atoms. The van der Waals surface area contributed by atoms with E-state index in [-0.39, 0.29) is 21.8 Å². The van der Waals surface area contributed by atoms with Gasteiger partial charge in [0, 0.05) is 5.54 Å². The van der Waals surface area contributed by atoms with Crippen molar-refractivity contribution in [3.05, 3.63) is 0 Å². The average Bonchev–Trinajstić information content (AvgIpc) is 2.40. The van der Waals surface area contributed by atoms with E-state index in [1.807, 2.05) is 6.92 Å². The van der Waals surface area contributed by atoms with Gasteiger partial charge in [-0.25, -0.2) is 4.72 Å². The van der Waals surface area contributed by atoms with Crippen LogP contribution >= 0.6 is 21.8 Å². The van der Waals surface area contributed by atoms with E-state index in [9.17, 15) is 5.11 Å². The Kier molecular flexibility index (Phi) is 8.31. The normalized spacial score (nSPS) is 18.4. The molecule has 0 rings (SSSR count). The van der Waals surface area contributed by atoms with E-state index in [1.54, 1.807) is 21.8 Å². The van der Waals surface area contributed by atoms with Gasteiger partial charge in [-0.05, 0) is 66.6 Å². The van der Waals surface area contributed by atoms with Gasteiger partial charge in [0.15, 0.2) is 0 Å². The van der Waals surface area contributed by atoms with Gasteiger partial charge in [0.25, 0.3) is 0 Å². The van der Waals surface area contributed by atoms with Crippen LogP contribution < -0.4 is 4.72 Å². The van der Waals surface area contributed by atoms with Gasteiger partial charge in [0.05, 0.1) is 5.60 Å². The lowest BCUT2D eigenvalue weighted by Crippen LogP contribution is -2.57. The van der Waals surface area contributed by atoms with Gasteiger partial charge >= 0.3 is 0 Å². The Bertz CT molecular complexity index is 395. The summed E-state index contributed by atoms with van der Waals surface area (Å²) in [6.45, 7) is 24.7. The van der Waals surface area contributed by atoms with Crippen LogP contribution in [-0.2, 0) is 0 Å². The van der Waals surface area contributed by atoms with E-state index >= 15 is 0 Å². The van der Waals surface area contributed by atoms with Gasteiger partial charge in [0.2, 0.25) is 0 Å². The molecule has 0 aromatic rings. The van der Waals surface area contributed by atoms with Crippen molar-refractivity contribution in [1.29, 1.82) is 0 Å². The fourth-order valence-electron chi connectivity index (χ4n) is 3.17. The molecule has 0 saturated carbocycles. The Labute approximate surface area is 160 Å². The molecule has 0 aromatic carbocycles. The van der Waals surface area contributed by atoms with Crippen LogP contribution in [0.1, 0.15) is 89.0 Å². The van der Waals surface area contributed by atoms with Crippen LogP contribution in [0.15, 0.2) is 0 Å². The Balaban J connectivity index is 5.90. The average molecular weight is 378 g/mol. The van der Waals surface area contributed by atoms with Crippen molar-refractivity contribution in [1.82, 2.24) is 4.72 Å². The molecular weight excluding hydrogens is 334 g/mol. The van der Waals surface area contributed by atoms with Gasteiger partial charge in [-0.3, -0.25) is 0 Å². The first-order chi connectivity index (χ1) is 10.5. The molecule has 2 N–H and O–H groups in total. The van der Waals surface area contributed by atoms with Crippen LogP contribution in [0, 0.1) is 22.2 Å². The van der Waals surface area contributed by atoms with Gasteiger partial charge in [-0.1, -0.05) is 72.6 Å². The van der Waals surface area contributed by atoms with Gasteiger partial charge < -0.3 is 5.11 Å². The highest BCUT2D eigenvalue weighted by atomic mass is 33.1. The van der Waals surface area contributed by atoms with Crippen molar-refractivity contribution < 1.29 is 5.11 Å². The maximum Gasteiger partial charge on any atom is 0.0670 e. The first-order valence-electron chi connectivity index (χ1n) is 9.15. The lowest BCUT2D eigenvalue weighted by atomic mass is 9.53. The summed E-state index contributed by atoms with van der Waals surface area (Å²) < 4.78 is 3.65. The lowest BCUT2D eigenvalue weighted by Gasteiger charge is -2.55. The predicted octanol–water partition coefficient (Wildman–Crippen LogP) is 6.55. The maximum absolute atomic E-state index is 11.3. The highest BCUT2D eigenvalue weighted by molar-refractivity contribution is 8.75. The van der Waals surface area contributed by atoms with Crippen LogP contribution in [0.4, 0.5) is 0 Å². The molecule has 0 aliphatic heterocycles. The summed E-state index contributed by atoms with van der Waals surface area (Å²) in [6.07, 6.45) is 4.01. The third-order valence-corrected chi connectivity index (χ3v) is 8.44. The number of rotatable bonds is 9. The van der Waals surface area contributed by atoms with Crippen LogP contribution in [0.25, 0.3) is 0 Å². The molecule has 2 unspecified atom stereocenters. The van der Waals surface area contributed by atoms with Crippen LogP contribution in [0.2, 0.25) is 0 Å². The quantitative estimate of drug-likeness (QED) is 0.352. The van der Waals surface area contributed by atoms with E-state index in [0.717, 1.165) is 12.8 Å². The second kappa shape index (κ2) is 8.10. The fraction of sp³-hybridized carbons (Fsp3) is 1.00. The van der Waals surface area contributed by atoms with Gasteiger partial charge in [-0.2, -0.15) is 0 Å². The van der Waals surface area contributed by atoms with Crippen molar-refractivity contribution >= 4 is 21.8 Å². The Morgan fingerprint density at radius 3 is 1.71 bits per heavy atom. The van der Waals surface area contributed by atoms with E-state index in [0.29, 0.717) is 5.92 Å². The second-order valence-electron chi connectivity index (χ2n) is 10.3.